The summed E-state index contributed by atoms with van der Waals surface area (Å²) in [6, 6.07) is 4.37. The number of carbonyl (C=O) groups excluding carboxylic acids is 4. The lowest BCUT2D eigenvalue weighted by Crippen LogP contribution is -2.58. The van der Waals surface area contributed by atoms with E-state index in [2.05, 4.69) is 15.4 Å². The van der Waals surface area contributed by atoms with Gasteiger partial charge in [0.15, 0.2) is 0 Å². The van der Waals surface area contributed by atoms with Gasteiger partial charge in [0.25, 0.3) is 5.91 Å². The highest BCUT2D eigenvalue weighted by Gasteiger charge is 2.62. The summed E-state index contributed by atoms with van der Waals surface area (Å²) >= 11 is 0. The molecule has 1 saturated heterocycles. The number of ether oxygens (including phenoxy) is 3. The Morgan fingerprint density at radius 1 is 1.04 bits per heavy atom. The van der Waals surface area contributed by atoms with E-state index in [4.69, 9.17) is 24.2 Å². The number of benzene rings is 1. The molecular formula is C36H48N6O9S. The number of nitrogens with zero attached hydrogens (tertiary/aromatic N) is 3. The standard InChI is InChI=1S/C36H48N6O9S/c1-4-21-17-36(21,34(45)41-52(47,48)23-12-13-23)40-32(44)31-24(5-2)29-19-42(31)30(43)18-37-35(46)51-28-15-20(28)9-7-6-8-10-26-33(50-29)39-27-16-22(49-3)11-14-25(27)38-26/h11,14,16,20-21,23-24,28-29,31H,4-10,12-13,15,17-19H2,1-3H3,(H,37,46)(H,40,44)(H,41,45)/t20-,21-,24-,28-,29+,31+,36-/m1/s1. The van der Waals surface area contributed by atoms with Crippen molar-refractivity contribution in [1.29, 1.82) is 0 Å². The zero-order chi connectivity index (χ0) is 36.8. The quantitative estimate of drug-likeness (QED) is 0.360. The molecule has 282 valence electrons. The molecule has 3 saturated carbocycles. The van der Waals surface area contributed by atoms with Crippen molar-refractivity contribution < 1.29 is 41.8 Å². The molecule has 3 aliphatic carbocycles. The molecule has 7 atom stereocenters. The number of aryl methyl sites for hydroxylation is 1. The van der Waals surface area contributed by atoms with Crippen molar-refractivity contribution in [2.24, 2.45) is 17.8 Å². The predicted octanol–water partition coefficient (Wildman–Crippen LogP) is 2.75. The van der Waals surface area contributed by atoms with E-state index in [9.17, 15) is 27.6 Å². The Morgan fingerprint density at radius 2 is 1.85 bits per heavy atom. The second kappa shape index (κ2) is 14.3. The van der Waals surface area contributed by atoms with E-state index in [-0.39, 0.29) is 30.9 Å². The van der Waals surface area contributed by atoms with Gasteiger partial charge in [-0.05, 0) is 75.3 Å². The lowest BCUT2D eigenvalue weighted by atomic mass is 9.93. The fourth-order valence-corrected chi connectivity index (χ4v) is 9.29. The van der Waals surface area contributed by atoms with Crippen molar-refractivity contribution in [2.45, 2.75) is 114 Å². The Kier molecular flexibility index (Phi) is 9.95. The van der Waals surface area contributed by atoms with Gasteiger partial charge >= 0.3 is 6.09 Å². The molecule has 7 rings (SSSR count). The van der Waals surface area contributed by atoms with Crippen molar-refractivity contribution >= 4 is 44.9 Å². The Bertz CT molecular complexity index is 1850. The van der Waals surface area contributed by atoms with Crippen LogP contribution in [0.2, 0.25) is 0 Å². The molecule has 2 bridgehead atoms. The number of hydrogen-bond acceptors (Lipinski definition) is 11. The SMILES string of the molecule is CC[C@@H]1[C@@H]2CN(C(=O)CNC(=O)O[C@@H]3C[C@H]3CCCCCc3nc4ccc(OC)cc4nc3O2)[C@@H]1C(=O)N[C@]1(C(=O)NS(=O)(=O)C2CC2)C[C@H]1CC. The first-order valence-corrected chi connectivity index (χ1v) is 20.1. The Balaban J connectivity index is 1.20. The maximum atomic E-state index is 14.4. The van der Waals surface area contributed by atoms with Gasteiger partial charge in [-0.15, -0.1) is 0 Å². The first kappa shape index (κ1) is 36.2. The summed E-state index contributed by atoms with van der Waals surface area (Å²) in [5.41, 5.74) is 0.513. The number of amides is 4. The Morgan fingerprint density at radius 3 is 2.56 bits per heavy atom. The summed E-state index contributed by atoms with van der Waals surface area (Å²) in [5, 5.41) is 4.85. The van der Waals surface area contributed by atoms with Crippen LogP contribution in [0.3, 0.4) is 0 Å². The maximum absolute atomic E-state index is 14.4. The van der Waals surface area contributed by atoms with E-state index >= 15 is 0 Å². The number of fused-ring (bicyclic) bond motifs is 5. The average Bonchev–Trinajstić information content (AvgIpc) is 4.04. The Hall–Kier alpha value is -4.21. The number of alkyl carbamates (subject to hydrolysis) is 1. The number of aromatic nitrogens is 2. The molecule has 0 radical (unpaired) electrons. The molecule has 15 nitrogen and oxygen atoms in total. The van der Waals surface area contributed by atoms with Crippen LogP contribution in [-0.2, 0) is 35.6 Å². The lowest BCUT2D eigenvalue weighted by Gasteiger charge is -2.29. The minimum absolute atomic E-state index is 0.000579. The van der Waals surface area contributed by atoms with Crippen molar-refractivity contribution in [3.8, 4) is 11.6 Å². The number of carbonyl (C=O) groups is 4. The van der Waals surface area contributed by atoms with E-state index in [0.29, 0.717) is 60.5 Å². The molecule has 0 unspecified atom stereocenters. The number of rotatable bonds is 8. The van der Waals surface area contributed by atoms with Crippen LogP contribution in [0.4, 0.5) is 4.79 Å². The number of nitrogens with one attached hydrogen (secondary N) is 3. The van der Waals surface area contributed by atoms with Crippen molar-refractivity contribution in [2.75, 3.05) is 20.2 Å². The van der Waals surface area contributed by atoms with E-state index in [1.807, 2.05) is 26.0 Å². The van der Waals surface area contributed by atoms with Gasteiger partial charge in [0.2, 0.25) is 27.7 Å². The molecule has 16 heteroatoms. The van der Waals surface area contributed by atoms with E-state index in [0.717, 1.165) is 32.1 Å². The molecule has 4 amide bonds. The van der Waals surface area contributed by atoms with Crippen molar-refractivity contribution in [3.63, 3.8) is 0 Å². The van der Waals surface area contributed by atoms with Gasteiger partial charge in [0, 0.05) is 12.0 Å². The molecule has 1 aromatic carbocycles. The summed E-state index contributed by atoms with van der Waals surface area (Å²) in [7, 11) is -2.29. The predicted molar refractivity (Wildman–Crippen MR) is 188 cm³/mol. The fourth-order valence-electron chi connectivity index (χ4n) is 7.92. The summed E-state index contributed by atoms with van der Waals surface area (Å²) in [6.45, 7) is 3.35. The summed E-state index contributed by atoms with van der Waals surface area (Å²) in [4.78, 5) is 65.7. The first-order chi connectivity index (χ1) is 25.0. The molecule has 0 spiro atoms. The molecule has 4 fully saturated rings. The molecule has 5 aliphatic rings. The molecule has 52 heavy (non-hydrogen) atoms. The first-order valence-electron chi connectivity index (χ1n) is 18.6. The van der Waals surface area contributed by atoms with E-state index < -0.39 is 69.2 Å². The van der Waals surface area contributed by atoms with Gasteiger partial charge in [0.1, 0.15) is 41.8 Å². The highest BCUT2D eigenvalue weighted by molar-refractivity contribution is 7.91. The lowest BCUT2D eigenvalue weighted by molar-refractivity contribution is -0.140. The minimum Gasteiger partial charge on any atom is -0.497 e. The normalized spacial score (nSPS) is 30.7. The molecule has 3 heterocycles. The van der Waals surface area contributed by atoms with Gasteiger partial charge in [-0.2, -0.15) is 0 Å². The van der Waals surface area contributed by atoms with Crippen LogP contribution in [0.15, 0.2) is 18.2 Å². The van der Waals surface area contributed by atoms with Crippen molar-refractivity contribution in [1.82, 2.24) is 30.2 Å². The van der Waals surface area contributed by atoms with Gasteiger partial charge in [-0.1, -0.05) is 33.1 Å². The average molecular weight is 741 g/mol. The van der Waals surface area contributed by atoms with Gasteiger partial charge in [-0.25, -0.2) is 23.2 Å². The topological polar surface area (TPSA) is 195 Å². The summed E-state index contributed by atoms with van der Waals surface area (Å²) < 4.78 is 45.3. The zero-order valence-corrected chi connectivity index (χ0v) is 30.7. The van der Waals surface area contributed by atoms with Crippen LogP contribution in [0.1, 0.15) is 83.7 Å². The van der Waals surface area contributed by atoms with Crippen LogP contribution in [0.5, 0.6) is 11.6 Å². The minimum atomic E-state index is -3.86. The zero-order valence-electron chi connectivity index (χ0n) is 29.9. The van der Waals surface area contributed by atoms with E-state index in [1.54, 1.807) is 13.2 Å². The number of methoxy groups -OCH3 is 1. The van der Waals surface area contributed by atoms with E-state index in [1.165, 1.54) is 4.90 Å². The third-order valence-electron chi connectivity index (χ3n) is 11.4. The van der Waals surface area contributed by atoms with Crippen LogP contribution in [-0.4, -0.2) is 96.3 Å². The highest BCUT2D eigenvalue weighted by Crippen LogP contribution is 2.47. The van der Waals surface area contributed by atoms with Crippen LogP contribution in [0.25, 0.3) is 11.0 Å². The highest BCUT2D eigenvalue weighted by atomic mass is 32.2. The summed E-state index contributed by atoms with van der Waals surface area (Å²) in [6.07, 6.45) is 5.68. The molecule has 1 aromatic heterocycles. The second-order valence-electron chi connectivity index (χ2n) is 14.9. The van der Waals surface area contributed by atoms with Crippen LogP contribution < -0.4 is 24.8 Å². The third kappa shape index (κ3) is 7.35. The molecule has 2 aliphatic heterocycles. The monoisotopic (exact) mass is 740 g/mol. The molecule has 3 N–H and O–H groups in total. The van der Waals surface area contributed by atoms with Crippen molar-refractivity contribution in [3.05, 3.63) is 23.9 Å². The smallest absolute Gasteiger partial charge is 0.407 e. The Labute approximate surface area is 303 Å². The number of hydrogen-bond donors (Lipinski definition) is 3. The third-order valence-corrected chi connectivity index (χ3v) is 13.2. The fraction of sp³-hybridized carbons (Fsp3) is 0.667. The molecule has 2 aromatic rings. The van der Waals surface area contributed by atoms with Gasteiger partial charge in [0.05, 0.1) is 29.9 Å². The molecular weight excluding hydrogens is 692 g/mol. The van der Waals surface area contributed by atoms with Gasteiger partial charge < -0.3 is 29.7 Å². The van der Waals surface area contributed by atoms with Crippen LogP contribution >= 0.6 is 0 Å². The second-order valence-corrected chi connectivity index (χ2v) is 16.8. The van der Waals surface area contributed by atoms with Crippen LogP contribution in [0, 0.1) is 17.8 Å². The largest absolute Gasteiger partial charge is 0.497 e. The number of sulfonamides is 1. The maximum Gasteiger partial charge on any atom is 0.407 e. The van der Waals surface area contributed by atoms with Gasteiger partial charge in [-0.3, -0.25) is 19.1 Å². The summed E-state index contributed by atoms with van der Waals surface area (Å²) in [5.74, 6) is -1.49.